The van der Waals surface area contributed by atoms with Crippen LogP contribution in [0.25, 0.3) is 0 Å². The van der Waals surface area contributed by atoms with E-state index in [1.807, 2.05) is 0 Å². The molecule has 0 saturated carbocycles. The fraction of sp³-hybridized carbons (Fsp3) is 0.200. The molecule has 1 aromatic heterocycles. The molecule has 0 amide bonds. The third kappa shape index (κ3) is 4.16. The average molecular weight is 310 g/mol. The lowest BCUT2D eigenvalue weighted by molar-refractivity contribution is -0.142. The Kier molecular flexibility index (Phi) is 5.11. The largest absolute Gasteiger partial charge is 0.466 e. The molecule has 6 heteroatoms. The lowest BCUT2D eigenvalue weighted by atomic mass is 10.1. The number of hydrogen-bond acceptors (Lipinski definition) is 4. The first-order chi connectivity index (χ1) is 10.1. The molecule has 0 bridgehead atoms. The second-order valence-electron chi connectivity index (χ2n) is 4.15. The SMILES string of the molecule is CCOC(=O)Cc1cc(Oc2cccnc2)cc(F)c1Cl. The van der Waals surface area contributed by atoms with Crippen LogP contribution in [-0.2, 0) is 16.0 Å². The van der Waals surface area contributed by atoms with E-state index >= 15 is 0 Å². The molecule has 2 rings (SSSR count). The summed E-state index contributed by atoms with van der Waals surface area (Å²) in [6.07, 6.45) is 2.98. The van der Waals surface area contributed by atoms with Crippen molar-refractivity contribution in [1.82, 2.24) is 4.98 Å². The summed E-state index contributed by atoms with van der Waals surface area (Å²) < 4.78 is 24.1. The predicted molar refractivity (Wildman–Crippen MR) is 76.1 cm³/mol. The third-order valence-electron chi connectivity index (χ3n) is 2.59. The van der Waals surface area contributed by atoms with Crippen LogP contribution in [0.5, 0.6) is 11.5 Å². The van der Waals surface area contributed by atoms with Gasteiger partial charge in [0.05, 0.1) is 24.2 Å². The first-order valence-corrected chi connectivity index (χ1v) is 6.69. The lowest BCUT2D eigenvalue weighted by Crippen LogP contribution is -2.08. The molecule has 1 heterocycles. The molecule has 21 heavy (non-hydrogen) atoms. The highest BCUT2D eigenvalue weighted by Crippen LogP contribution is 2.29. The molecule has 0 N–H and O–H groups in total. The molecule has 2 aromatic rings. The van der Waals surface area contributed by atoms with Crippen molar-refractivity contribution in [2.24, 2.45) is 0 Å². The first kappa shape index (κ1) is 15.3. The third-order valence-corrected chi connectivity index (χ3v) is 3.01. The summed E-state index contributed by atoms with van der Waals surface area (Å²) >= 11 is 5.86. The van der Waals surface area contributed by atoms with Crippen molar-refractivity contribution in [3.8, 4) is 11.5 Å². The van der Waals surface area contributed by atoms with Gasteiger partial charge in [-0.2, -0.15) is 0 Å². The number of esters is 1. The Hall–Kier alpha value is -2.14. The molecule has 0 atom stereocenters. The van der Waals surface area contributed by atoms with Gasteiger partial charge >= 0.3 is 5.97 Å². The Morgan fingerprint density at radius 1 is 1.38 bits per heavy atom. The zero-order valence-corrected chi connectivity index (χ0v) is 12.1. The topological polar surface area (TPSA) is 48.4 Å². The van der Waals surface area contributed by atoms with E-state index < -0.39 is 11.8 Å². The van der Waals surface area contributed by atoms with Crippen molar-refractivity contribution in [2.75, 3.05) is 6.61 Å². The molecule has 0 aliphatic rings. The second kappa shape index (κ2) is 7.04. The Labute approximate surface area is 126 Å². The molecule has 0 aliphatic heterocycles. The van der Waals surface area contributed by atoms with Crippen LogP contribution in [0, 0.1) is 5.82 Å². The van der Waals surface area contributed by atoms with Gasteiger partial charge in [0.1, 0.15) is 17.3 Å². The minimum atomic E-state index is -0.655. The number of aromatic nitrogens is 1. The first-order valence-electron chi connectivity index (χ1n) is 6.31. The lowest BCUT2D eigenvalue weighted by Gasteiger charge is -2.10. The van der Waals surface area contributed by atoms with Gasteiger partial charge in [0, 0.05) is 12.3 Å². The molecule has 4 nitrogen and oxygen atoms in total. The highest BCUT2D eigenvalue weighted by molar-refractivity contribution is 6.31. The summed E-state index contributed by atoms with van der Waals surface area (Å²) in [5.41, 5.74) is 0.314. The quantitative estimate of drug-likeness (QED) is 0.789. The summed E-state index contributed by atoms with van der Waals surface area (Å²) in [7, 11) is 0. The van der Waals surface area contributed by atoms with E-state index in [2.05, 4.69) is 4.98 Å². The van der Waals surface area contributed by atoms with Gasteiger partial charge in [0.2, 0.25) is 0 Å². The van der Waals surface area contributed by atoms with Gasteiger partial charge in [0.15, 0.2) is 0 Å². The fourth-order valence-corrected chi connectivity index (χ4v) is 1.89. The molecule has 0 radical (unpaired) electrons. The van der Waals surface area contributed by atoms with Gasteiger partial charge in [-0.15, -0.1) is 0 Å². The van der Waals surface area contributed by atoms with Gasteiger partial charge in [-0.1, -0.05) is 11.6 Å². The summed E-state index contributed by atoms with van der Waals surface area (Å²) in [5, 5.41) is -0.110. The molecule has 1 aromatic carbocycles. The fourth-order valence-electron chi connectivity index (χ4n) is 1.72. The summed E-state index contributed by atoms with van der Waals surface area (Å²) in [6, 6.07) is 6.05. The van der Waals surface area contributed by atoms with E-state index in [0.29, 0.717) is 11.3 Å². The number of rotatable bonds is 5. The molecule has 0 unspecified atom stereocenters. The van der Waals surface area contributed by atoms with Crippen LogP contribution in [0.4, 0.5) is 4.39 Å². The maximum Gasteiger partial charge on any atom is 0.310 e. The minimum absolute atomic E-state index is 0.110. The van der Waals surface area contributed by atoms with Crippen molar-refractivity contribution < 1.29 is 18.7 Å². The highest BCUT2D eigenvalue weighted by atomic mass is 35.5. The molecular formula is C15H13ClFNO3. The Balaban J connectivity index is 2.23. The van der Waals surface area contributed by atoms with Crippen LogP contribution in [0.2, 0.25) is 5.02 Å². The van der Waals surface area contributed by atoms with Crippen LogP contribution >= 0.6 is 11.6 Å². The average Bonchev–Trinajstić information content (AvgIpc) is 2.45. The number of pyridine rings is 1. The van der Waals surface area contributed by atoms with E-state index in [1.54, 1.807) is 25.3 Å². The van der Waals surface area contributed by atoms with Crippen molar-refractivity contribution in [1.29, 1.82) is 0 Å². The van der Waals surface area contributed by atoms with E-state index in [0.717, 1.165) is 6.07 Å². The van der Waals surface area contributed by atoms with Crippen molar-refractivity contribution in [3.63, 3.8) is 0 Å². The molecule has 110 valence electrons. The van der Waals surface area contributed by atoms with E-state index in [4.69, 9.17) is 21.1 Å². The Morgan fingerprint density at radius 2 is 2.19 bits per heavy atom. The number of ether oxygens (including phenoxy) is 2. The predicted octanol–water partition coefficient (Wildman–Crippen LogP) is 3.77. The van der Waals surface area contributed by atoms with Gasteiger partial charge in [-0.05, 0) is 30.7 Å². The number of carbonyl (C=O) groups is 1. The highest BCUT2D eigenvalue weighted by Gasteiger charge is 2.14. The summed E-state index contributed by atoms with van der Waals surface area (Å²) in [5.74, 6) is -0.430. The number of hydrogen-bond donors (Lipinski definition) is 0. The van der Waals surface area contributed by atoms with Crippen LogP contribution in [-0.4, -0.2) is 17.6 Å². The van der Waals surface area contributed by atoms with Crippen molar-refractivity contribution >= 4 is 17.6 Å². The maximum atomic E-state index is 13.8. The smallest absolute Gasteiger partial charge is 0.310 e. The van der Waals surface area contributed by atoms with E-state index in [1.165, 1.54) is 12.3 Å². The second-order valence-corrected chi connectivity index (χ2v) is 4.53. The van der Waals surface area contributed by atoms with E-state index in [9.17, 15) is 9.18 Å². The molecule has 0 aliphatic carbocycles. The monoisotopic (exact) mass is 309 g/mol. The number of benzene rings is 1. The Morgan fingerprint density at radius 3 is 2.86 bits per heavy atom. The standard InChI is InChI=1S/C15H13ClFNO3/c1-2-20-14(19)7-10-6-12(8-13(17)15(10)16)21-11-4-3-5-18-9-11/h3-6,8-9H,2,7H2,1H3. The minimum Gasteiger partial charge on any atom is -0.466 e. The van der Waals surface area contributed by atoms with Crippen LogP contribution in [0.1, 0.15) is 12.5 Å². The normalized spacial score (nSPS) is 10.2. The van der Waals surface area contributed by atoms with Gasteiger partial charge in [-0.3, -0.25) is 9.78 Å². The van der Waals surface area contributed by atoms with Gasteiger partial charge in [-0.25, -0.2) is 4.39 Å². The Bertz CT molecular complexity index is 634. The van der Waals surface area contributed by atoms with Crippen molar-refractivity contribution in [3.05, 3.63) is 53.1 Å². The molecule has 0 spiro atoms. The van der Waals surface area contributed by atoms with Gasteiger partial charge in [0.25, 0.3) is 0 Å². The van der Waals surface area contributed by atoms with Gasteiger partial charge < -0.3 is 9.47 Å². The summed E-state index contributed by atoms with van der Waals surface area (Å²) in [4.78, 5) is 15.4. The molecule has 0 saturated heterocycles. The molecular weight excluding hydrogens is 297 g/mol. The number of halogens is 2. The zero-order valence-electron chi connectivity index (χ0n) is 11.3. The van der Waals surface area contributed by atoms with E-state index in [-0.39, 0.29) is 23.8 Å². The van der Waals surface area contributed by atoms with Crippen LogP contribution < -0.4 is 4.74 Å². The number of nitrogens with zero attached hydrogens (tertiary/aromatic N) is 1. The van der Waals surface area contributed by atoms with Crippen LogP contribution in [0.3, 0.4) is 0 Å². The molecule has 0 fully saturated rings. The zero-order chi connectivity index (χ0) is 15.2. The number of carbonyl (C=O) groups excluding carboxylic acids is 1. The van der Waals surface area contributed by atoms with Crippen LogP contribution in [0.15, 0.2) is 36.7 Å². The van der Waals surface area contributed by atoms with Crippen molar-refractivity contribution in [2.45, 2.75) is 13.3 Å². The maximum absolute atomic E-state index is 13.8. The summed E-state index contributed by atoms with van der Waals surface area (Å²) in [6.45, 7) is 1.95.